The average Bonchev–Trinajstić information content (AvgIpc) is 3.04. The first-order chi connectivity index (χ1) is 22.3. The topological polar surface area (TPSA) is 132 Å². The zero-order valence-corrected chi connectivity index (χ0v) is 29.4. The molecule has 10 heteroatoms. The largest absolute Gasteiger partial charge is 0.472 e. The van der Waals surface area contributed by atoms with Crippen LogP contribution in [0.15, 0.2) is 60.8 Å². The van der Waals surface area contributed by atoms with E-state index in [1.54, 1.807) is 6.08 Å². The van der Waals surface area contributed by atoms with Gasteiger partial charge in [-0.2, -0.15) is 0 Å². The van der Waals surface area contributed by atoms with Crippen molar-refractivity contribution >= 4 is 13.8 Å². The molecule has 3 atom stereocenters. The molecule has 3 N–H and O–H groups in total. The second-order valence-corrected chi connectivity index (χ2v) is 12.6. The Morgan fingerprint density at radius 2 is 1.15 bits per heavy atom. The molecule has 0 bridgehead atoms. The van der Waals surface area contributed by atoms with E-state index in [0.29, 0.717) is 13.0 Å². The molecule has 0 saturated carbocycles. The number of phosphoric acid groups is 1. The molecule has 46 heavy (non-hydrogen) atoms. The number of ether oxygens (including phenoxy) is 2. The fourth-order valence-corrected chi connectivity index (χ4v) is 4.92. The molecule has 0 amide bonds. The Bertz CT molecular complexity index is 898. The first kappa shape index (κ1) is 44.2. The third-order valence-electron chi connectivity index (χ3n) is 6.75. The minimum Gasteiger partial charge on any atom is -0.457 e. The van der Waals surface area contributed by atoms with Crippen LogP contribution < -0.4 is 0 Å². The molecule has 0 saturated heterocycles. The van der Waals surface area contributed by atoms with E-state index in [2.05, 4.69) is 60.9 Å². The first-order valence-electron chi connectivity index (χ1n) is 17.3. The Kier molecular flexibility index (Phi) is 31.8. The molecule has 0 fully saturated rings. The summed E-state index contributed by atoms with van der Waals surface area (Å²) in [6.07, 6.45) is 35.0. The van der Waals surface area contributed by atoms with E-state index in [1.807, 2.05) is 12.2 Å². The maximum Gasteiger partial charge on any atom is 0.472 e. The van der Waals surface area contributed by atoms with Crippen molar-refractivity contribution < 1.29 is 43.0 Å². The molecule has 0 spiro atoms. The molecule has 0 aliphatic heterocycles. The second-order valence-electron chi connectivity index (χ2n) is 11.2. The van der Waals surface area contributed by atoms with Crippen LogP contribution in [0.25, 0.3) is 0 Å². The molecule has 0 aliphatic carbocycles. The summed E-state index contributed by atoms with van der Waals surface area (Å²) in [6.45, 7) is 3.22. The smallest absolute Gasteiger partial charge is 0.457 e. The number of hydrogen-bond acceptors (Lipinski definition) is 8. The first-order valence-corrected chi connectivity index (χ1v) is 18.8. The van der Waals surface area contributed by atoms with E-state index < -0.39 is 45.8 Å². The van der Waals surface area contributed by atoms with E-state index in [1.165, 1.54) is 44.9 Å². The summed E-state index contributed by atoms with van der Waals surface area (Å²) in [4.78, 5) is 22.3. The van der Waals surface area contributed by atoms with Crippen molar-refractivity contribution in [1.29, 1.82) is 0 Å². The molecule has 266 valence electrons. The zero-order chi connectivity index (χ0) is 34.0. The van der Waals surface area contributed by atoms with Gasteiger partial charge in [-0.15, -0.1) is 0 Å². The Morgan fingerprint density at radius 3 is 1.67 bits per heavy atom. The van der Waals surface area contributed by atoms with Crippen molar-refractivity contribution in [2.75, 3.05) is 33.0 Å². The van der Waals surface area contributed by atoms with Gasteiger partial charge in [0.1, 0.15) is 12.2 Å². The molecular weight excluding hydrogens is 607 g/mol. The number of allylic oxidation sites excluding steroid dienone is 9. The van der Waals surface area contributed by atoms with Gasteiger partial charge in [0.15, 0.2) is 0 Å². The molecule has 0 aromatic rings. The van der Waals surface area contributed by atoms with Crippen LogP contribution in [0, 0.1) is 0 Å². The highest BCUT2D eigenvalue weighted by Crippen LogP contribution is 2.43. The van der Waals surface area contributed by atoms with Gasteiger partial charge in [0.05, 0.1) is 32.8 Å². The summed E-state index contributed by atoms with van der Waals surface area (Å²) in [5, 5.41) is 18.2. The van der Waals surface area contributed by atoms with Gasteiger partial charge in [0.25, 0.3) is 0 Å². The van der Waals surface area contributed by atoms with Crippen LogP contribution in [0.3, 0.4) is 0 Å². The highest BCUT2D eigenvalue weighted by Gasteiger charge is 2.26. The fraction of sp³-hybridized carbons (Fsp3) is 0.694. The summed E-state index contributed by atoms with van der Waals surface area (Å²) < 4.78 is 33.0. The van der Waals surface area contributed by atoms with Gasteiger partial charge < -0.3 is 24.6 Å². The van der Waals surface area contributed by atoms with Crippen molar-refractivity contribution in [3.63, 3.8) is 0 Å². The van der Waals surface area contributed by atoms with Gasteiger partial charge >= 0.3 is 13.8 Å². The molecule has 0 radical (unpaired) electrons. The quantitative estimate of drug-likeness (QED) is 0.0279. The maximum atomic E-state index is 12.4. The van der Waals surface area contributed by atoms with Crippen LogP contribution in [0.4, 0.5) is 0 Å². The van der Waals surface area contributed by atoms with Crippen LogP contribution in [0.2, 0.25) is 0 Å². The van der Waals surface area contributed by atoms with Crippen LogP contribution in [-0.4, -0.2) is 66.3 Å². The van der Waals surface area contributed by atoms with Gasteiger partial charge in [-0.3, -0.25) is 13.8 Å². The van der Waals surface area contributed by atoms with Gasteiger partial charge in [-0.05, 0) is 38.5 Å². The van der Waals surface area contributed by atoms with Crippen molar-refractivity contribution in [3.8, 4) is 0 Å². The summed E-state index contributed by atoms with van der Waals surface area (Å²) in [7, 11) is -4.53. The Morgan fingerprint density at radius 1 is 0.674 bits per heavy atom. The lowest BCUT2D eigenvalue weighted by Gasteiger charge is -2.20. The van der Waals surface area contributed by atoms with Crippen molar-refractivity contribution in [2.24, 2.45) is 0 Å². The minimum atomic E-state index is -4.53. The normalized spacial score (nSPS) is 15.2. The highest BCUT2D eigenvalue weighted by atomic mass is 31.2. The van der Waals surface area contributed by atoms with Crippen molar-refractivity contribution in [1.82, 2.24) is 0 Å². The predicted molar refractivity (Wildman–Crippen MR) is 186 cm³/mol. The minimum absolute atomic E-state index is 0.00804. The van der Waals surface area contributed by atoms with Gasteiger partial charge in [-0.1, -0.05) is 132 Å². The van der Waals surface area contributed by atoms with Crippen LogP contribution in [0.1, 0.15) is 117 Å². The number of hydrogen-bond donors (Lipinski definition) is 3. The van der Waals surface area contributed by atoms with E-state index in [0.717, 1.165) is 44.9 Å². The molecule has 0 aliphatic rings. The van der Waals surface area contributed by atoms with Gasteiger partial charge in [0, 0.05) is 6.61 Å². The number of aliphatic hydroxyl groups is 2. The summed E-state index contributed by atoms with van der Waals surface area (Å²) in [5.41, 5.74) is 0. The Hall–Kier alpha value is -1.84. The monoisotopic (exact) mass is 670 g/mol. The van der Waals surface area contributed by atoms with E-state index >= 15 is 0 Å². The number of aliphatic hydroxyl groups excluding tert-OH is 2. The number of unbranched alkanes of at least 4 members (excludes halogenated alkanes) is 9. The van der Waals surface area contributed by atoms with E-state index in [4.69, 9.17) is 19.1 Å². The Balaban J connectivity index is 4.46. The van der Waals surface area contributed by atoms with E-state index in [9.17, 15) is 19.4 Å². The predicted octanol–water partition coefficient (Wildman–Crippen LogP) is 8.46. The number of carbonyl (C=O) groups is 1. The lowest BCUT2D eigenvalue weighted by molar-refractivity contribution is -0.153. The van der Waals surface area contributed by atoms with Gasteiger partial charge in [-0.25, -0.2) is 4.57 Å². The van der Waals surface area contributed by atoms with Gasteiger partial charge in [0.2, 0.25) is 0 Å². The van der Waals surface area contributed by atoms with Crippen molar-refractivity contribution in [3.05, 3.63) is 60.8 Å². The third-order valence-corrected chi connectivity index (χ3v) is 7.70. The lowest BCUT2D eigenvalue weighted by Crippen LogP contribution is -2.28. The summed E-state index contributed by atoms with van der Waals surface area (Å²) in [6, 6.07) is 0. The number of esters is 1. The summed E-state index contributed by atoms with van der Waals surface area (Å²) in [5.74, 6) is -0.512. The fourth-order valence-electron chi connectivity index (χ4n) is 4.13. The molecule has 0 aromatic carbocycles. The molecule has 9 nitrogen and oxygen atoms in total. The lowest BCUT2D eigenvalue weighted by atomic mass is 10.1. The molecule has 0 aromatic heterocycles. The third kappa shape index (κ3) is 32.1. The second kappa shape index (κ2) is 33.1. The maximum absolute atomic E-state index is 12.4. The number of carbonyl (C=O) groups excluding carboxylic acids is 1. The summed E-state index contributed by atoms with van der Waals surface area (Å²) >= 11 is 0. The van der Waals surface area contributed by atoms with Crippen molar-refractivity contribution in [2.45, 2.75) is 129 Å². The molecule has 3 unspecified atom stereocenters. The van der Waals surface area contributed by atoms with Crippen LogP contribution in [-0.2, 0) is 27.9 Å². The average molecular weight is 671 g/mol. The van der Waals surface area contributed by atoms with E-state index in [-0.39, 0.29) is 13.0 Å². The molecular formula is C36H63O9P. The van der Waals surface area contributed by atoms with Crippen LogP contribution >= 0.6 is 7.82 Å². The number of phosphoric ester groups is 1. The standard InChI is InChI=1S/C36H63O9P/c1-3-5-7-9-11-13-15-16-17-18-19-20-22-24-26-28-36(39)45-35(33-44-46(40,41)43-31-34(38)30-37)32-42-29-27-25-23-21-14-12-10-8-6-4-2/h5,7,11,13,16-17,19-20,24,26,34-35,37-38H,3-4,6,8-10,12,14-15,18,21-23,25,27-33H2,1-2H3,(H,40,41)/b7-5-,13-11-,17-16-,20-19-,26-24-. The zero-order valence-electron chi connectivity index (χ0n) is 28.5. The SMILES string of the molecule is CC/C=C\C/C=C\C/C=C\C/C=C\C/C=C\CC(=O)OC(COCCCCCCCCCCCC)COP(=O)(O)OCC(O)CO. The number of rotatable bonds is 32. The van der Waals surface area contributed by atoms with Crippen LogP contribution in [0.5, 0.6) is 0 Å². The molecule has 0 heterocycles. The highest BCUT2D eigenvalue weighted by molar-refractivity contribution is 7.47. The molecule has 0 rings (SSSR count). The Labute approximate surface area is 279 Å².